The molecule has 0 heterocycles. The average molecular weight is 326 g/mol. The van der Waals surface area contributed by atoms with Gasteiger partial charge in [0.05, 0.1) is 24.7 Å². The molecule has 0 aliphatic rings. The third-order valence-electron chi connectivity index (χ3n) is 2.36. The van der Waals surface area contributed by atoms with Crippen molar-refractivity contribution >= 4 is 30.5 Å². The van der Waals surface area contributed by atoms with E-state index in [9.17, 15) is 14.2 Å². The van der Waals surface area contributed by atoms with Gasteiger partial charge < -0.3 is 14.6 Å². The van der Waals surface area contributed by atoms with E-state index in [1.165, 1.54) is 0 Å². The largest absolute Gasteiger partial charge is 0.444 e. The smallest absolute Gasteiger partial charge is 0.412 e. The highest BCUT2D eigenvalue weighted by Gasteiger charge is 2.18. The lowest BCUT2D eigenvalue weighted by molar-refractivity contribution is -0.113. The molecule has 1 rings (SSSR count). The van der Waals surface area contributed by atoms with Crippen LogP contribution in [0, 0.1) is 0 Å². The quantitative estimate of drug-likeness (QED) is 0.828. The third-order valence-corrected chi connectivity index (χ3v) is 3.41. The van der Waals surface area contributed by atoms with Crippen molar-refractivity contribution in [1.29, 1.82) is 0 Å². The van der Waals surface area contributed by atoms with E-state index in [1.807, 2.05) is 0 Å². The zero-order chi connectivity index (χ0) is 17.0. The van der Waals surface area contributed by atoms with Gasteiger partial charge in [-0.3, -0.25) is 10.1 Å². The number of benzene rings is 1. The topological polar surface area (TPSA) is 84.5 Å². The first-order chi connectivity index (χ1) is 9.96. The van der Waals surface area contributed by atoms with Crippen molar-refractivity contribution in [2.75, 3.05) is 30.1 Å². The minimum absolute atomic E-state index is 0.0478. The summed E-state index contributed by atoms with van der Waals surface area (Å²) in [5, 5.41) is 5.24. The first-order valence-electron chi connectivity index (χ1n) is 6.89. The maximum atomic E-state index is 11.9. The second-order valence-corrected chi connectivity index (χ2v) is 9.92. The zero-order valence-electron chi connectivity index (χ0n) is 13.6. The molecule has 0 saturated carbocycles. The normalized spacial score (nSPS) is 11.7. The molecular formula is C15H23N2O4P. The number of anilines is 2. The van der Waals surface area contributed by atoms with E-state index >= 15 is 0 Å². The number of amides is 2. The molecule has 0 atom stereocenters. The lowest BCUT2D eigenvalue weighted by Gasteiger charge is -2.20. The van der Waals surface area contributed by atoms with Crippen LogP contribution in [0.5, 0.6) is 0 Å². The molecule has 6 nitrogen and oxygen atoms in total. The maximum absolute atomic E-state index is 11.9. The lowest BCUT2D eigenvalue weighted by atomic mass is 10.2. The van der Waals surface area contributed by atoms with Crippen molar-refractivity contribution in [3.8, 4) is 0 Å². The van der Waals surface area contributed by atoms with Crippen molar-refractivity contribution in [3.05, 3.63) is 24.3 Å². The molecule has 0 aliphatic carbocycles. The van der Waals surface area contributed by atoms with Crippen molar-refractivity contribution in [2.24, 2.45) is 0 Å². The summed E-state index contributed by atoms with van der Waals surface area (Å²) in [5.41, 5.74) is 0.248. The van der Waals surface area contributed by atoms with E-state index < -0.39 is 18.8 Å². The summed E-state index contributed by atoms with van der Waals surface area (Å²) in [5.74, 6) is -0.355. The first kappa shape index (κ1) is 18.2. The second kappa shape index (κ2) is 6.97. The highest BCUT2D eigenvalue weighted by Crippen LogP contribution is 2.35. The standard InChI is InChI=1S/C15H23N2O4P/c1-15(2,3)21-14(19)17-12-9-7-6-8-11(12)16-13(18)10-22(4,5)20/h6-9H,10H2,1-5H3,(H,16,18)(H,17,19). The summed E-state index contributed by atoms with van der Waals surface area (Å²) in [7, 11) is -2.45. The van der Waals surface area contributed by atoms with Crippen LogP contribution in [0.3, 0.4) is 0 Å². The Morgan fingerprint density at radius 1 is 1.09 bits per heavy atom. The number of carbonyl (C=O) groups is 2. The van der Waals surface area contributed by atoms with Gasteiger partial charge in [-0.15, -0.1) is 0 Å². The summed E-state index contributed by atoms with van der Waals surface area (Å²) >= 11 is 0. The van der Waals surface area contributed by atoms with Crippen LogP contribution in [0.15, 0.2) is 24.3 Å². The van der Waals surface area contributed by atoms with Gasteiger partial charge in [-0.2, -0.15) is 0 Å². The molecule has 122 valence electrons. The van der Waals surface area contributed by atoms with E-state index in [1.54, 1.807) is 58.4 Å². The predicted octanol–water partition coefficient (Wildman–Crippen LogP) is 3.59. The van der Waals surface area contributed by atoms with E-state index in [0.29, 0.717) is 11.4 Å². The summed E-state index contributed by atoms with van der Waals surface area (Å²) in [4.78, 5) is 23.7. The molecule has 0 bridgehead atoms. The van der Waals surface area contributed by atoms with Gasteiger partial charge in [0.25, 0.3) is 0 Å². The van der Waals surface area contributed by atoms with Gasteiger partial charge in [-0.25, -0.2) is 4.79 Å². The first-order valence-corrected chi connectivity index (χ1v) is 9.68. The molecule has 2 N–H and O–H groups in total. The number of hydrogen-bond donors (Lipinski definition) is 2. The Kier molecular flexibility index (Phi) is 5.78. The number of carbonyl (C=O) groups excluding carboxylic acids is 2. The molecule has 1 aromatic carbocycles. The van der Waals surface area contributed by atoms with E-state index in [2.05, 4.69) is 10.6 Å². The molecule has 0 fully saturated rings. The SMILES string of the molecule is CC(C)(C)OC(=O)Nc1ccccc1NC(=O)CP(C)(C)=O. The minimum Gasteiger partial charge on any atom is -0.444 e. The van der Waals surface area contributed by atoms with E-state index in [-0.39, 0.29) is 12.1 Å². The van der Waals surface area contributed by atoms with E-state index in [4.69, 9.17) is 4.74 Å². The zero-order valence-corrected chi connectivity index (χ0v) is 14.5. The van der Waals surface area contributed by atoms with Crippen molar-refractivity contribution in [3.63, 3.8) is 0 Å². The predicted molar refractivity (Wildman–Crippen MR) is 89.2 cm³/mol. The molecule has 0 spiro atoms. The Labute approximate surface area is 131 Å². The Morgan fingerprint density at radius 3 is 2.05 bits per heavy atom. The fourth-order valence-electron chi connectivity index (χ4n) is 1.65. The Bertz CT molecular complexity index is 602. The number of nitrogens with one attached hydrogen (secondary N) is 2. The van der Waals surface area contributed by atoms with Crippen LogP contribution in [0.2, 0.25) is 0 Å². The molecule has 2 amide bonds. The summed E-state index contributed by atoms with van der Waals surface area (Å²) < 4.78 is 16.9. The maximum Gasteiger partial charge on any atom is 0.412 e. The van der Waals surface area contributed by atoms with Crippen molar-refractivity contribution in [2.45, 2.75) is 26.4 Å². The van der Waals surface area contributed by atoms with Crippen LogP contribution in [-0.2, 0) is 14.1 Å². The molecule has 0 radical (unpaired) electrons. The van der Waals surface area contributed by atoms with Crippen LogP contribution < -0.4 is 10.6 Å². The highest BCUT2D eigenvalue weighted by molar-refractivity contribution is 7.63. The van der Waals surface area contributed by atoms with Gasteiger partial charge >= 0.3 is 6.09 Å². The number of ether oxygens (including phenoxy) is 1. The fourth-order valence-corrected chi connectivity index (χ4v) is 2.42. The van der Waals surface area contributed by atoms with Crippen molar-refractivity contribution < 1.29 is 18.9 Å². The van der Waals surface area contributed by atoms with Crippen LogP contribution in [-0.4, -0.2) is 37.1 Å². The highest BCUT2D eigenvalue weighted by atomic mass is 31.2. The van der Waals surface area contributed by atoms with E-state index in [0.717, 1.165) is 0 Å². The van der Waals surface area contributed by atoms with Crippen LogP contribution >= 0.6 is 7.14 Å². The van der Waals surface area contributed by atoms with Gasteiger partial charge in [-0.1, -0.05) is 12.1 Å². The summed E-state index contributed by atoms with van der Waals surface area (Å²) in [6.07, 6.45) is -0.654. The molecule has 22 heavy (non-hydrogen) atoms. The second-order valence-electron chi connectivity index (χ2n) is 6.45. The lowest BCUT2D eigenvalue weighted by Crippen LogP contribution is -2.27. The van der Waals surface area contributed by atoms with Gasteiger partial charge in [0.2, 0.25) is 5.91 Å². The summed E-state index contributed by atoms with van der Waals surface area (Å²) in [6.45, 7) is 8.40. The minimum atomic E-state index is -2.45. The van der Waals surface area contributed by atoms with Crippen molar-refractivity contribution in [1.82, 2.24) is 0 Å². The number of hydrogen-bond acceptors (Lipinski definition) is 4. The monoisotopic (exact) mass is 326 g/mol. The number of rotatable bonds is 4. The van der Waals surface area contributed by atoms with Gasteiger partial charge in [0.15, 0.2) is 0 Å². The van der Waals surface area contributed by atoms with Gasteiger partial charge in [0, 0.05) is 0 Å². The Balaban J connectivity index is 2.80. The molecule has 0 aliphatic heterocycles. The Hall–Kier alpha value is -1.81. The molecule has 7 heteroatoms. The molecule has 0 saturated heterocycles. The molecule has 1 aromatic rings. The third kappa shape index (κ3) is 7.27. The molecule has 0 unspecified atom stereocenters. The molecule has 0 aromatic heterocycles. The Morgan fingerprint density at radius 2 is 1.59 bits per heavy atom. The van der Waals surface area contributed by atoms with Crippen LogP contribution in [0.4, 0.5) is 16.2 Å². The van der Waals surface area contributed by atoms with Crippen LogP contribution in [0.1, 0.15) is 20.8 Å². The van der Waals surface area contributed by atoms with Gasteiger partial charge in [0.1, 0.15) is 5.60 Å². The average Bonchev–Trinajstić information content (AvgIpc) is 2.26. The molecular weight excluding hydrogens is 303 g/mol. The van der Waals surface area contributed by atoms with Gasteiger partial charge in [-0.05, 0) is 46.2 Å². The van der Waals surface area contributed by atoms with Crippen LogP contribution in [0.25, 0.3) is 0 Å². The fraction of sp³-hybridized carbons (Fsp3) is 0.467. The summed E-state index contributed by atoms with van der Waals surface area (Å²) in [6, 6.07) is 6.76. The number of para-hydroxylation sites is 2.